The van der Waals surface area contributed by atoms with E-state index in [1.54, 1.807) is 18.5 Å². The number of carbonyl (C=O) groups excluding carboxylic acids is 1. The number of halogens is 1. The molecule has 0 aliphatic heterocycles. The third-order valence-electron chi connectivity index (χ3n) is 4.14. The van der Waals surface area contributed by atoms with Crippen molar-refractivity contribution >= 4 is 17.7 Å². The van der Waals surface area contributed by atoms with Gasteiger partial charge in [0.2, 0.25) is 5.91 Å². The molecule has 0 fully saturated rings. The van der Waals surface area contributed by atoms with Crippen LogP contribution in [0.25, 0.3) is 5.69 Å². The molecular weight excluding hydrogens is 391 g/mol. The molecule has 1 N–H and O–H groups in total. The highest BCUT2D eigenvalue weighted by molar-refractivity contribution is 7.99. The van der Waals surface area contributed by atoms with Crippen molar-refractivity contribution < 1.29 is 13.9 Å². The maximum atomic E-state index is 12.8. The van der Waals surface area contributed by atoms with Gasteiger partial charge in [-0.05, 0) is 56.2 Å². The van der Waals surface area contributed by atoms with Crippen LogP contribution in [0.1, 0.15) is 18.4 Å². The minimum atomic E-state index is -0.282. The van der Waals surface area contributed by atoms with Gasteiger partial charge >= 0.3 is 0 Å². The Bertz CT molecular complexity index is 913. The maximum Gasteiger partial charge on any atom is 0.230 e. The first-order chi connectivity index (χ1) is 14.1. The second-order valence-corrected chi connectivity index (χ2v) is 7.41. The van der Waals surface area contributed by atoms with Crippen LogP contribution in [-0.2, 0) is 4.79 Å². The van der Waals surface area contributed by atoms with Gasteiger partial charge < -0.3 is 10.1 Å². The van der Waals surface area contributed by atoms with Crippen LogP contribution in [0.4, 0.5) is 4.39 Å². The van der Waals surface area contributed by atoms with Gasteiger partial charge in [0.25, 0.3) is 0 Å². The minimum absolute atomic E-state index is 0.0482. The SMILES string of the molecule is Cc1ccc(-n2cnnc2SCC(=O)NCCCCOc2ccc(F)cc2)cc1. The summed E-state index contributed by atoms with van der Waals surface area (Å²) >= 11 is 1.35. The van der Waals surface area contributed by atoms with Gasteiger partial charge in [0, 0.05) is 12.2 Å². The predicted octanol–water partition coefficient (Wildman–Crippen LogP) is 3.78. The Kier molecular flexibility index (Phi) is 7.63. The lowest BCUT2D eigenvalue weighted by Gasteiger charge is -2.08. The van der Waals surface area contributed by atoms with E-state index in [0.717, 1.165) is 18.5 Å². The Hall–Kier alpha value is -2.87. The van der Waals surface area contributed by atoms with Crippen LogP contribution in [0.15, 0.2) is 60.0 Å². The van der Waals surface area contributed by atoms with E-state index >= 15 is 0 Å². The fourth-order valence-electron chi connectivity index (χ4n) is 2.56. The third kappa shape index (κ3) is 6.60. The summed E-state index contributed by atoms with van der Waals surface area (Å²) in [6, 6.07) is 14.0. The van der Waals surface area contributed by atoms with Crippen molar-refractivity contribution in [1.82, 2.24) is 20.1 Å². The van der Waals surface area contributed by atoms with Crippen LogP contribution in [0, 0.1) is 12.7 Å². The van der Waals surface area contributed by atoms with Crippen molar-refractivity contribution in [2.24, 2.45) is 0 Å². The lowest BCUT2D eigenvalue weighted by atomic mass is 10.2. The van der Waals surface area contributed by atoms with Gasteiger partial charge in [0.05, 0.1) is 12.4 Å². The normalized spacial score (nSPS) is 10.7. The van der Waals surface area contributed by atoms with Gasteiger partial charge in [-0.3, -0.25) is 9.36 Å². The number of aryl methyl sites for hydroxylation is 1. The molecule has 1 aromatic heterocycles. The third-order valence-corrected chi connectivity index (χ3v) is 5.08. The zero-order valence-corrected chi connectivity index (χ0v) is 17.0. The number of nitrogens with one attached hydrogen (secondary N) is 1. The number of amides is 1. The highest BCUT2D eigenvalue weighted by Crippen LogP contribution is 2.19. The number of hydrogen-bond acceptors (Lipinski definition) is 5. The molecule has 6 nitrogen and oxygen atoms in total. The van der Waals surface area contributed by atoms with Crippen molar-refractivity contribution in [1.29, 1.82) is 0 Å². The summed E-state index contributed by atoms with van der Waals surface area (Å²) < 4.78 is 20.2. The Labute approximate surface area is 173 Å². The molecular formula is C21H23FN4O2S. The Morgan fingerprint density at radius 1 is 1.14 bits per heavy atom. The molecule has 0 spiro atoms. The molecule has 0 aliphatic rings. The zero-order chi connectivity index (χ0) is 20.5. The topological polar surface area (TPSA) is 69.0 Å². The molecule has 29 heavy (non-hydrogen) atoms. The second-order valence-electron chi connectivity index (χ2n) is 6.47. The molecule has 0 radical (unpaired) electrons. The summed E-state index contributed by atoms with van der Waals surface area (Å²) in [7, 11) is 0. The Balaban J connectivity index is 1.33. The monoisotopic (exact) mass is 414 g/mol. The molecule has 0 saturated carbocycles. The van der Waals surface area contributed by atoms with Crippen molar-refractivity contribution in [3.63, 3.8) is 0 Å². The molecule has 1 heterocycles. The van der Waals surface area contributed by atoms with Crippen LogP contribution >= 0.6 is 11.8 Å². The molecule has 3 rings (SSSR count). The highest BCUT2D eigenvalue weighted by Gasteiger charge is 2.10. The van der Waals surface area contributed by atoms with E-state index < -0.39 is 0 Å². The van der Waals surface area contributed by atoms with Gasteiger partial charge in [-0.2, -0.15) is 0 Å². The number of carbonyl (C=O) groups is 1. The standard InChI is InChI=1S/C21H23FN4O2S/c1-16-4-8-18(9-5-16)26-15-24-25-21(26)29-14-20(27)23-12-2-3-13-28-19-10-6-17(22)7-11-19/h4-11,15H,2-3,12-14H2,1H3,(H,23,27). The molecule has 0 unspecified atom stereocenters. The van der Waals surface area contributed by atoms with Crippen molar-refractivity contribution in [3.05, 3.63) is 66.2 Å². The summed E-state index contributed by atoms with van der Waals surface area (Å²) in [5, 5.41) is 11.6. The van der Waals surface area contributed by atoms with Gasteiger partial charge in [0.1, 0.15) is 17.9 Å². The van der Waals surface area contributed by atoms with Crippen LogP contribution in [0.2, 0.25) is 0 Å². The molecule has 0 aliphatic carbocycles. The number of hydrogen-bond donors (Lipinski definition) is 1. The van der Waals surface area contributed by atoms with E-state index in [4.69, 9.17) is 4.74 Å². The molecule has 3 aromatic rings. The molecule has 0 bridgehead atoms. The second kappa shape index (κ2) is 10.6. The molecule has 0 saturated heterocycles. The molecule has 1 amide bonds. The average molecular weight is 415 g/mol. The van der Waals surface area contributed by atoms with Crippen LogP contribution in [-0.4, -0.2) is 39.6 Å². The first-order valence-electron chi connectivity index (χ1n) is 9.37. The van der Waals surface area contributed by atoms with Gasteiger partial charge in [-0.15, -0.1) is 10.2 Å². The fourth-order valence-corrected chi connectivity index (χ4v) is 3.32. The first-order valence-corrected chi connectivity index (χ1v) is 10.4. The van der Waals surface area contributed by atoms with Crippen LogP contribution < -0.4 is 10.1 Å². The van der Waals surface area contributed by atoms with E-state index in [1.165, 1.54) is 29.5 Å². The summed E-state index contributed by atoms with van der Waals surface area (Å²) in [4.78, 5) is 12.1. The number of thioether (sulfide) groups is 1. The minimum Gasteiger partial charge on any atom is -0.494 e. The quantitative estimate of drug-likeness (QED) is 0.404. The summed E-state index contributed by atoms with van der Waals surface area (Å²) in [5.74, 6) is 0.587. The number of benzene rings is 2. The summed E-state index contributed by atoms with van der Waals surface area (Å²) in [6.45, 7) is 3.14. The lowest BCUT2D eigenvalue weighted by Crippen LogP contribution is -2.26. The van der Waals surface area contributed by atoms with Gasteiger partial charge in [-0.25, -0.2) is 4.39 Å². The van der Waals surface area contributed by atoms with E-state index in [2.05, 4.69) is 15.5 Å². The van der Waals surface area contributed by atoms with Gasteiger partial charge in [-0.1, -0.05) is 29.5 Å². The first kappa shape index (κ1) is 20.9. The smallest absolute Gasteiger partial charge is 0.230 e. The highest BCUT2D eigenvalue weighted by atomic mass is 32.2. The molecule has 152 valence electrons. The van der Waals surface area contributed by atoms with Gasteiger partial charge in [0.15, 0.2) is 5.16 Å². The molecule has 8 heteroatoms. The van der Waals surface area contributed by atoms with E-state index in [9.17, 15) is 9.18 Å². The van der Waals surface area contributed by atoms with Crippen molar-refractivity contribution in [3.8, 4) is 11.4 Å². The lowest BCUT2D eigenvalue weighted by molar-refractivity contribution is -0.118. The Morgan fingerprint density at radius 3 is 2.66 bits per heavy atom. The van der Waals surface area contributed by atoms with Crippen molar-refractivity contribution in [2.75, 3.05) is 18.9 Å². The van der Waals surface area contributed by atoms with Crippen molar-refractivity contribution in [2.45, 2.75) is 24.9 Å². The zero-order valence-electron chi connectivity index (χ0n) is 16.2. The largest absolute Gasteiger partial charge is 0.494 e. The number of rotatable bonds is 10. The number of nitrogens with zero attached hydrogens (tertiary/aromatic N) is 3. The predicted molar refractivity (Wildman–Crippen MR) is 111 cm³/mol. The fraction of sp³-hybridized carbons (Fsp3) is 0.286. The number of ether oxygens (including phenoxy) is 1. The molecule has 0 atom stereocenters. The van der Waals surface area contributed by atoms with E-state index in [-0.39, 0.29) is 17.5 Å². The van der Waals surface area contributed by atoms with Crippen LogP contribution in [0.5, 0.6) is 5.75 Å². The van der Waals surface area contributed by atoms with E-state index in [0.29, 0.717) is 24.1 Å². The Morgan fingerprint density at radius 2 is 1.90 bits per heavy atom. The molecule has 2 aromatic carbocycles. The number of aromatic nitrogens is 3. The van der Waals surface area contributed by atoms with E-state index in [1.807, 2.05) is 35.8 Å². The number of unbranched alkanes of at least 4 members (excludes halogenated alkanes) is 1. The average Bonchev–Trinajstić information content (AvgIpc) is 3.19. The maximum absolute atomic E-state index is 12.8. The summed E-state index contributed by atoms with van der Waals surface area (Å²) in [6.07, 6.45) is 3.25. The van der Waals surface area contributed by atoms with Crippen LogP contribution in [0.3, 0.4) is 0 Å². The summed E-state index contributed by atoms with van der Waals surface area (Å²) in [5.41, 5.74) is 2.14.